The molecule has 0 spiro atoms. The van der Waals surface area contributed by atoms with Gasteiger partial charge in [-0.25, -0.2) is 0 Å². The Morgan fingerprint density at radius 1 is 1.18 bits per heavy atom. The van der Waals surface area contributed by atoms with E-state index in [0.717, 1.165) is 10.0 Å². The van der Waals surface area contributed by atoms with Gasteiger partial charge >= 0.3 is 0 Å². The highest BCUT2D eigenvalue weighted by Crippen LogP contribution is 2.36. The van der Waals surface area contributed by atoms with Crippen molar-refractivity contribution >= 4 is 67.0 Å². The molecule has 1 aromatic heterocycles. The zero-order valence-corrected chi connectivity index (χ0v) is 24.8. The topological polar surface area (TPSA) is 96.9 Å². The quantitative estimate of drug-likeness (QED) is 0.150. The van der Waals surface area contributed by atoms with Gasteiger partial charge in [0, 0.05) is 10.0 Å². The van der Waals surface area contributed by atoms with Crippen LogP contribution in [0.2, 0.25) is 0 Å². The fourth-order valence-corrected chi connectivity index (χ4v) is 5.60. The number of carbonyl (C=O) groups excluding carboxylic acids is 1. The van der Waals surface area contributed by atoms with Gasteiger partial charge in [-0.2, -0.15) is 5.10 Å². The van der Waals surface area contributed by atoms with Crippen molar-refractivity contribution in [2.75, 3.05) is 13.7 Å². The van der Waals surface area contributed by atoms with Gasteiger partial charge in [-0.1, -0.05) is 35.8 Å². The van der Waals surface area contributed by atoms with Gasteiger partial charge in [-0.05, 0) is 81.6 Å². The first kappa shape index (κ1) is 28.0. The summed E-state index contributed by atoms with van der Waals surface area (Å²) >= 11 is 7.90. The van der Waals surface area contributed by atoms with E-state index in [9.17, 15) is 9.90 Å². The molecular formula is C27H25Br2N3O5S. The predicted molar refractivity (Wildman–Crippen MR) is 157 cm³/mol. The SMILES string of the molecule is COc1cc(/C=C2\S/C(=N\N=C\c3cc(Br)cc(Br)c3O)N(Cc3ccco3)C2=O)ccc1OCC(C)C. The average molecular weight is 663 g/mol. The molecule has 0 aliphatic carbocycles. The third-order valence-electron chi connectivity index (χ3n) is 5.24. The minimum atomic E-state index is -0.229. The minimum absolute atomic E-state index is 0.0371. The highest BCUT2D eigenvalue weighted by atomic mass is 79.9. The first-order valence-corrected chi connectivity index (χ1v) is 14.0. The molecule has 1 fully saturated rings. The van der Waals surface area contributed by atoms with E-state index in [4.69, 9.17) is 13.9 Å². The number of ether oxygens (including phenoxy) is 2. The standard InChI is InChI=1S/C27H25Br2N3O5S/c1-16(2)15-37-22-7-6-17(9-23(22)35-3)10-24-26(34)32(14-20-5-4-8-36-20)27(38-24)31-30-13-18-11-19(28)12-21(29)25(18)33/h4-13,16,33H,14-15H2,1-3H3/b24-10-,30-13+,31-27-. The summed E-state index contributed by atoms with van der Waals surface area (Å²) in [4.78, 5) is 15.3. The molecule has 1 saturated heterocycles. The second-order valence-corrected chi connectivity index (χ2v) is 11.4. The summed E-state index contributed by atoms with van der Waals surface area (Å²) in [6.45, 7) is 4.92. The summed E-state index contributed by atoms with van der Waals surface area (Å²) < 4.78 is 18.1. The Balaban J connectivity index is 1.62. The Labute approximate surface area is 241 Å². The largest absolute Gasteiger partial charge is 0.506 e. The molecule has 38 heavy (non-hydrogen) atoms. The molecule has 1 aliphatic heterocycles. The van der Waals surface area contributed by atoms with Gasteiger partial charge < -0.3 is 19.0 Å². The number of amidine groups is 1. The van der Waals surface area contributed by atoms with Gasteiger partial charge in [-0.15, -0.1) is 5.10 Å². The molecule has 0 atom stereocenters. The Bertz CT molecular complexity index is 1400. The van der Waals surface area contributed by atoms with Gasteiger partial charge in [0.15, 0.2) is 16.7 Å². The van der Waals surface area contributed by atoms with E-state index in [1.165, 1.54) is 22.9 Å². The number of benzene rings is 2. The number of hydrogen-bond acceptors (Lipinski definition) is 8. The van der Waals surface area contributed by atoms with Crippen molar-refractivity contribution < 1.29 is 23.8 Å². The van der Waals surface area contributed by atoms with E-state index in [1.54, 1.807) is 43.7 Å². The van der Waals surface area contributed by atoms with Crippen LogP contribution in [-0.4, -0.2) is 41.0 Å². The van der Waals surface area contributed by atoms with Crippen LogP contribution in [0.3, 0.4) is 0 Å². The van der Waals surface area contributed by atoms with Crippen LogP contribution in [0.5, 0.6) is 17.2 Å². The summed E-state index contributed by atoms with van der Waals surface area (Å²) in [5.74, 6) is 2.03. The first-order chi connectivity index (χ1) is 18.2. The number of rotatable bonds is 9. The number of amides is 1. The Morgan fingerprint density at radius 3 is 2.71 bits per heavy atom. The molecular weight excluding hydrogens is 638 g/mol. The molecule has 0 unspecified atom stereocenters. The van der Waals surface area contributed by atoms with Crippen molar-refractivity contribution in [3.05, 3.63) is 79.5 Å². The molecule has 1 N–H and O–H groups in total. The Morgan fingerprint density at radius 2 is 2.00 bits per heavy atom. The molecule has 0 saturated carbocycles. The Hall–Kier alpha value is -3.02. The van der Waals surface area contributed by atoms with E-state index in [1.807, 2.05) is 18.2 Å². The zero-order valence-electron chi connectivity index (χ0n) is 20.9. The fraction of sp³-hybridized carbons (Fsp3) is 0.222. The molecule has 4 rings (SSSR count). The lowest BCUT2D eigenvalue weighted by atomic mass is 10.1. The molecule has 3 aromatic rings. The number of hydrogen-bond donors (Lipinski definition) is 1. The van der Waals surface area contributed by atoms with Crippen LogP contribution >= 0.6 is 43.6 Å². The van der Waals surface area contributed by atoms with E-state index < -0.39 is 0 Å². The van der Waals surface area contributed by atoms with Gasteiger partial charge in [0.2, 0.25) is 0 Å². The van der Waals surface area contributed by atoms with Crippen LogP contribution in [0.15, 0.2) is 77.2 Å². The summed E-state index contributed by atoms with van der Waals surface area (Å²) in [6.07, 6.45) is 4.76. The first-order valence-electron chi connectivity index (χ1n) is 11.6. The molecule has 11 heteroatoms. The van der Waals surface area contributed by atoms with Crippen LogP contribution < -0.4 is 9.47 Å². The molecule has 0 bridgehead atoms. The molecule has 8 nitrogen and oxygen atoms in total. The lowest BCUT2D eigenvalue weighted by Gasteiger charge is -2.13. The van der Waals surface area contributed by atoms with Gasteiger partial charge in [0.1, 0.15) is 11.5 Å². The van der Waals surface area contributed by atoms with E-state index in [2.05, 4.69) is 55.9 Å². The lowest BCUT2D eigenvalue weighted by Crippen LogP contribution is -2.28. The van der Waals surface area contributed by atoms with Crippen molar-refractivity contribution in [2.24, 2.45) is 16.1 Å². The molecule has 1 amide bonds. The number of phenols is 1. The maximum absolute atomic E-state index is 13.4. The second-order valence-electron chi connectivity index (χ2n) is 8.65. The van der Waals surface area contributed by atoms with Gasteiger partial charge in [-0.3, -0.25) is 9.69 Å². The second kappa shape index (κ2) is 12.7. The van der Waals surface area contributed by atoms with Crippen molar-refractivity contribution in [3.8, 4) is 17.2 Å². The molecule has 2 heterocycles. The Kier molecular flexibility index (Phi) is 9.35. The van der Waals surface area contributed by atoms with E-state index in [-0.39, 0.29) is 18.2 Å². The smallest absolute Gasteiger partial charge is 0.267 e. The van der Waals surface area contributed by atoms with Crippen LogP contribution in [0, 0.1) is 5.92 Å². The number of halogens is 2. The molecule has 2 aromatic carbocycles. The van der Waals surface area contributed by atoms with Gasteiger partial charge in [0.25, 0.3) is 5.91 Å². The van der Waals surface area contributed by atoms with Crippen LogP contribution in [0.4, 0.5) is 0 Å². The van der Waals surface area contributed by atoms with Crippen molar-refractivity contribution in [1.82, 2.24) is 4.90 Å². The average Bonchev–Trinajstić information content (AvgIpc) is 3.50. The summed E-state index contributed by atoms with van der Waals surface area (Å²) in [7, 11) is 1.58. The number of thioether (sulfide) groups is 1. The predicted octanol–water partition coefficient (Wildman–Crippen LogP) is 7.06. The maximum atomic E-state index is 13.4. The lowest BCUT2D eigenvalue weighted by molar-refractivity contribution is -0.122. The van der Waals surface area contributed by atoms with E-state index in [0.29, 0.717) is 49.9 Å². The van der Waals surface area contributed by atoms with Crippen molar-refractivity contribution in [2.45, 2.75) is 20.4 Å². The number of methoxy groups -OCH3 is 1. The fourth-order valence-electron chi connectivity index (χ4n) is 3.41. The number of furan rings is 1. The number of phenolic OH excluding ortho intramolecular Hbond substituents is 1. The molecule has 198 valence electrons. The van der Waals surface area contributed by atoms with Crippen molar-refractivity contribution in [1.29, 1.82) is 0 Å². The van der Waals surface area contributed by atoms with Crippen LogP contribution in [0.25, 0.3) is 6.08 Å². The van der Waals surface area contributed by atoms with E-state index >= 15 is 0 Å². The number of aromatic hydroxyl groups is 1. The summed E-state index contributed by atoms with van der Waals surface area (Å²) in [6, 6.07) is 12.5. The summed E-state index contributed by atoms with van der Waals surface area (Å²) in [5.41, 5.74) is 1.24. The highest BCUT2D eigenvalue weighted by molar-refractivity contribution is 9.11. The molecule has 1 aliphatic rings. The maximum Gasteiger partial charge on any atom is 0.267 e. The third-order valence-corrected chi connectivity index (χ3v) is 7.30. The summed E-state index contributed by atoms with van der Waals surface area (Å²) in [5, 5.41) is 19.1. The van der Waals surface area contributed by atoms with Crippen molar-refractivity contribution in [3.63, 3.8) is 0 Å². The zero-order chi connectivity index (χ0) is 27.2. The van der Waals surface area contributed by atoms with Crippen LogP contribution in [0.1, 0.15) is 30.7 Å². The third kappa shape index (κ3) is 6.89. The minimum Gasteiger partial charge on any atom is -0.506 e. The van der Waals surface area contributed by atoms with Gasteiger partial charge in [0.05, 0.1) is 42.1 Å². The highest BCUT2D eigenvalue weighted by Gasteiger charge is 2.34. The number of nitrogens with zero attached hydrogens (tertiary/aromatic N) is 3. The van der Waals surface area contributed by atoms with Crippen LogP contribution in [-0.2, 0) is 11.3 Å². The monoisotopic (exact) mass is 661 g/mol. The number of carbonyl (C=O) groups is 1. The normalized spacial score (nSPS) is 15.9. The molecule has 0 radical (unpaired) electrons.